The summed E-state index contributed by atoms with van der Waals surface area (Å²) >= 11 is 0. The molecule has 1 aliphatic carbocycles. The molecule has 0 heterocycles. The zero-order valence-corrected chi connectivity index (χ0v) is 14.5. The highest BCUT2D eigenvalue weighted by molar-refractivity contribution is 6.08. The van der Waals surface area contributed by atoms with Crippen molar-refractivity contribution in [1.29, 1.82) is 0 Å². The van der Waals surface area contributed by atoms with Crippen LogP contribution in [0.4, 0.5) is 0 Å². The molecule has 0 saturated carbocycles. The van der Waals surface area contributed by atoms with Gasteiger partial charge in [0.1, 0.15) is 0 Å². The number of carbonyl (C=O) groups excluding carboxylic acids is 1. The van der Waals surface area contributed by atoms with Crippen LogP contribution >= 0.6 is 0 Å². The summed E-state index contributed by atoms with van der Waals surface area (Å²) in [5.41, 5.74) is 3.17. The van der Waals surface area contributed by atoms with Crippen LogP contribution in [0.1, 0.15) is 37.8 Å². The van der Waals surface area contributed by atoms with Gasteiger partial charge in [0.05, 0.1) is 6.61 Å². The van der Waals surface area contributed by atoms with Gasteiger partial charge in [-0.15, -0.1) is 0 Å². The lowest BCUT2D eigenvalue weighted by Gasteiger charge is -2.18. The summed E-state index contributed by atoms with van der Waals surface area (Å²) in [5, 5.41) is 5.64. The Kier molecular flexibility index (Phi) is 5.14. The highest BCUT2D eigenvalue weighted by Crippen LogP contribution is 2.33. The quantitative estimate of drug-likeness (QED) is 0.441. The van der Waals surface area contributed by atoms with Crippen LogP contribution in [-0.4, -0.2) is 12.6 Å². The highest BCUT2D eigenvalue weighted by Gasteiger charge is 2.13. The number of hydrogen-bond acceptors (Lipinski definition) is 2. The van der Waals surface area contributed by atoms with E-state index in [0.717, 1.165) is 0 Å². The second-order valence-corrected chi connectivity index (χ2v) is 6.22. The Morgan fingerprint density at radius 2 is 1.67 bits per heavy atom. The molecule has 0 aliphatic heterocycles. The standard InChI is InChI=1S/C18H16.C4H8O2/c1-3-7-15-13(5-1)9-11-18-16-8-4-2-6-14(16)10-12-17(15)18;1-3-6-4(2)5/h1,3,5,7,9-12H,2,4,6,8H2;3H2,1-2H3. The van der Waals surface area contributed by atoms with E-state index >= 15 is 0 Å². The van der Waals surface area contributed by atoms with Crippen molar-refractivity contribution in [3.05, 3.63) is 59.7 Å². The first-order chi connectivity index (χ1) is 11.7. The third kappa shape index (κ3) is 3.43. The van der Waals surface area contributed by atoms with Crippen LogP contribution in [0, 0.1) is 0 Å². The molecule has 24 heavy (non-hydrogen) atoms. The van der Waals surface area contributed by atoms with E-state index in [1.54, 1.807) is 18.1 Å². The van der Waals surface area contributed by atoms with E-state index in [1.807, 2.05) is 0 Å². The Balaban J connectivity index is 0.000000246. The van der Waals surface area contributed by atoms with Crippen LogP contribution in [0.2, 0.25) is 0 Å². The minimum Gasteiger partial charge on any atom is -0.466 e. The summed E-state index contributed by atoms with van der Waals surface area (Å²) in [6.45, 7) is 3.65. The molecule has 2 heteroatoms. The van der Waals surface area contributed by atoms with Crippen LogP contribution in [-0.2, 0) is 22.4 Å². The van der Waals surface area contributed by atoms with E-state index < -0.39 is 0 Å². The van der Waals surface area contributed by atoms with Gasteiger partial charge in [0.25, 0.3) is 0 Å². The molecule has 1 aliphatic rings. The van der Waals surface area contributed by atoms with Crippen molar-refractivity contribution in [3.8, 4) is 0 Å². The molecular formula is C22H24O2. The van der Waals surface area contributed by atoms with Crippen molar-refractivity contribution in [1.82, 2.24) is 0 Å². The van der Waals surface area contributed by atoms with Gasteiger partial charge in [-0.2, -0.15) is 0 Å². The van der Waals surface area contributed by atoms with E-state index in [1.165, 1.54) is 54.2 Å². The summed E-state index contributed by atoms with van der Waals surface area (Å²) in [5.74, 6) is -0.211. The average Bonchev–Trinajstić information content (AvgIpc) is 2.61. The number of carbonyl (C=O) groups is 1. The first-order valence-electron chi connectivity index (χ1n) is 8.76. The van der Waals surface area contributed by atoms with E-state index in [0.29, 0.717) is 6.61 Å². The first kappa shape index (κ1) is 16.5. The number of ether oxygens (including phenoxy) is 1. The van der Waals surface area contributed by atoms with Gasteiger partial charge >= 0.3 is 5.97 Å². The van der Waals surface area contributed by atoms with Gasteiger partial charge in [0, 0.05) is 6.92 Å². The van der Waals surface area contributed by atoms with E-state index in [2.05, 4.69) is 53.3 Å². The molecular weight excluding hydrogens is 296 g/mol. The summed E-state index contributed by atoms with van der Waals surface area (Å²) in [6.07, 6.45) is 5.22. The first-order valence-corrected chi connectivity index (χ1v) is 8.76. The second-order valence-electron chi connectivity index (χ2n) is 6.22. The van der Waals surface area contributed by atoms with Gasteiger partial charge in [-0.1, -0.05) is 48.5 Å². The maximum Gasteiger partial charge on any atom is 0.302 e. The smallest absolute Gasteiger partial charge is 0.302 e. The van der Waals surface area contributed by atoms with Crippen molar-refractivity contribution in [2.75, 3.05) is 6.61 Å². The number of benzene rings is 3. The molecule has 0 radical (unpaired) electrons. The highest BCUT2D eigenvalue weighted by atomic mass is 16.5. The predicted octanol–water partition coefficient (Wildman–Crippen LogP) is 5.44. The zero-order valence-electron chi connectivity index (χ0n) is 14.5. The molecule has 0 unspecified atom stereocenters. The Hall–Kier alpha value is -2.35. The molecule has 3 aromatic carbocycles. The summed E-state index contributed by atoms with van der Waals surface area (Å²) < 4.78 is 4.40. The Morgan fingerprint density at radius 1 is 0.917 bits per heavy atom. The molecule has 2 nitrogen and oxygen atoms in total. The topological polar surface area (TPSA) is 26.3 Å². The van der Waals surface area contributed by atoms with Crippen LogP contribution < -0.4 is 0 Å². The lowest BCUT2D eigenvalue weighted by molar-refractivity contribution is -0.140. The summed E-state index contributed by atoms with van der Waals surface area (Å²) in [4.78, 5) is 9.82. The summed E-state index contributed by atoms with van der Waals surface area (Å²) in [7, 11) is 0. The fourth-order valence-corrected chi connectivity index (χ4v) is 3.55. The van der Waals surface area contributed by atoms with Crippen molar-refractivity contribution in [2.24, 2.45) is 0 Å². The van der Waals surface area contributed by atoms with Gasteiger partial charge in [-0.05, 0) is 65.3 Å². The lowest BCUT2D eigenvalue weighted by Crippen LogP contribution is -2.02. The molecule has 0 fully saturated rings. The van der Waals surface area contributed by atoms with Crippen LogP contribution in [0.5, 0.6) is 0 Å². The van der Waals surface area contributed by atoms with Crippen molar-refractivity contribution in [3.63, 3.8) is 0 Å². The maximum atomic E-state index is 9.82. The van der Waals surface area contributed by atoms with Gasteiger partial charge in [-0.25, -0.2) is 0 Å². The lowest BCUT2D eigenvalue weighted by atomic mass is 9.86. The van der Waals surface area contributed by atoms with Crippen LogP contribution in [0.15, 0.2) is 48.5 Å². The molecule has 0 atom stereocenters. The van der Waals surface area contributed by atoms with Crippen LogP contribution in [0.3, 0.4) is 0 Å². The predicted molar refractivity (Wildman–Crippen MR) is 100 cm³/mol. The third-order valence-electron chi connectivity index (χ3n) is 4.61. The number of esters is 1. The molecule has 0 amide bonds. The maximum absolute atomic E-state index is 9.82. The average molecular weight is 320 g/mol. The Morgan fingerprint density at radius 3 is 2.42 bits per heavy atom. The molecule has 4 rings (SSSR count). The molecule has 0 bridgehead atoms. The van der Waals surface area contributed by atoms with E-state index in [-0.39, 0.29) is 5.97 Å². The van der Waals surface area contributed by atoms with E-state index in [9.17, 15) is 4.79 Å². The normalized spacial score (nSPS) is 13.1. The monoisotopic (exact) mass is 320 g/mol. The third-order valence-corrected chi connectivity index (χ3v) is 4.61. The van der Waals surface area contributed by atoms with Crippen molar-refractivity contribution < 1.29 is 9.53 Å². The second kappa shape index (κ2) is 7.48. The van der Waals surface area contributed by atoms with Crippen LogP contribution in [0.25, 0.3) is 21.5 Å². The fourth-order valence-electron chi connectivity index (χ4n) is 3.55. The molecule has 3 aromatic rings. The number of hydrogen-bond donors (Lipinski definition) is 0. The minimum atomic E-state index is -0.211. The number of aryl methyl sites for hydroxylation is 2. The fraction of sp³-hybridized carbons (Fsp3) is 0.318. The number of rotatable bonds is 1. The SMILES string of the molecule is CCOC(C)=O.c1ccc2c(c1)ccc1c3c(ccc12)CCCC3. The molecule has 0 spiro atoms. The van der Waals surface area contributed by atoms with Gasteiger partial charge in [0.15, 0.2) is 0 Å². The molecule has 0 aromatic heterocycles. The summed E-state index contributed by atoms with van der Waals surface area (Å²) in [6, 6.07) is 18.0. The van der Waals surface area contributed by atoms with Gasteiger partial charge in [0.2, 0.25) is 0 Å². The van der Waals surface area contributed by atoms with Gasteiger partial charge in [-0.3, -0.25) is 4.79 Å². The minimum absolute atomic E-state index is 0.211. The van der Waals surface area contributed by atoms with Crippen molar-refractivity contribution in [2.45, 2.75) is 39.5 Å². The molecule has 0 saturated heterocycles. The Bertz CT molecular complexity index is 864. The van der Waals surface area contributed by atoms with E-state index in [4.69, 9.17) is 0 Å². The van der Waals surface area contributed by atoms with Crippen molar-refractivity contribution >= 4 is 27.5 Å². The Labute approximate surface area is 143 Å². The molecule has 0 N–H and O–H groups in total. The zero-order chi connectivity index (χ0) is 16.9. The number of fused-ring (bicyclic) bond motifs is 5. The largest absolute Gasteiger partial charge is 0.466 e. The molecule has 124 valence electrons. The van der Waals surface area contributed by atoms with Gasteiger partial charge < -0.3 is 4.74 Å².